The number of hydrogen-bond acceptors (Lipinski definition) is 4. The maximum absolute atomic E-state index is 11.6. The summed E-state index contributed by atoms with van der Waals surface area (Å²) in [7, 11) is 1.90. The number of ether oxygens (including phenoxy) is 1. The second-order valence-electron chi connectivity index (χ2n) is 7.24. The van der Waals surface area contributed by atoms with Crippen LogP contribution in [0, 0.1) is 5.92 Å². The van der Waals surface area contributed by atoms with Gasteiger partial charge < -0.3 is 20.7 Å². The molecule has 0 saturated carbocycles. The lowest BCUT2D eigenvalue weighted by molar-refractivity contribution is 0.126. The minimum absolute atomic E-state index is 0.213. The van der Waals surface area contributed by atoms with Crippen molar-refractivity contribution in [3.8, 4) is 0 Å². The molecule has 0 fully saturated rings. The van der Waals surface area contributed by atoms with Crippen LogP contribution in [0.4, 0.5) is 4.79 Å². The van der Waals surface area contributed by atoms with Crippen molar-refractivity contribution in [1.29, 1.82) is 0 Å². The van der Waals surface area contributed by atoms with Crippen LogP contribution in [0.2, 0.25) is 0 Å². The minimum Gasteiger partial charge on any atom is -0.448 e. The average molecular weight is 358 g/mol. The summed E-state index contributed by atoms with van der Waals surface area (Å²) in [5, 5.41) is 9.51. The maximum Gasteiger partial charge on any atom is 0.407 e. The number of rotatable bonds is 17. The second-order valence-corrected chi connectivity index (χ2v) is 7.24. The summed E-state index contributed by atoms with van der Waals surface area (Å²) in [5.41, 5.74) is 0. The monoisotopic (exact) mass is 357 g/mol. The Kier molecular flexibility index (Phi) is 17.4. The topological polar surface area (TPSA) is 62.4 Å². The fourth-order valence-corrected chi connectivity index (χ4v) is 2.72. The summed E-state index contributed by atoms with van der Waals surface area (Å²) >= 11 is 0. The molecule has 0 aliphatic rings. The largest absolute Gasteiger partial charge is 0.448 e. The van der Waals surface area contributed by atoms with Crippen LogP contribution < -0.4 is 16.0 Å². The first-order valence-corrected chi connectivity index (χ1v) is 10.4. The first-order chi connectivity index (χ1) is 12.1. The molecular weight excluding hydrogens is 314 g/mol. The standard InChI is InChI=1S/C20H43N3O2/c1-5-6-7-8-11-14-22-15-12-9-10-13-16-23-20(24)25-17-19(21-4)18(2)3/h18-19,21-22H,5-17H2,1-4H3,(H,23,24)/t19-/m0/s1. The average Bonchev–Trinajstić information content (AvgIpc) is 2.59. The zero-order valence-electron chi connectivity index (χ0n) is 17.2. The molecule has 150 valence electrons. The van der Waals surface area contributed by atoms with E-state index in [2.05, 4.69) is 36.7 Å². The van der Waals surface area contributed by atoms with E-state index < -0.39 is 0 Å². The van der Waals surface area contributed by atoms with Gasteiger partial charge in [-0.05, 0) is 45.3 Å². The Labute approximate surface area is 156 Å². The van der Waals surface area contributed by atoms with Crippen LogP contribution in [0.3, 0.4) is 0 Å². The Morgan fingerprint density at radius 3 is 1.96 bits per heavy atom. The zero-order valence-corrected chi connectivity index (χ0v) is 17.2. The van der Waals surface area contributed by atoms with Gasteiger partial charge in [0.1, 0.15) is 6.61 Å². The predicted octanol–water partition coefficient (Wildman–Crippen LogP) is 4.08. The Balaban J connectivity index is 3.28. The molecule has 5 heteroatoms. The van der Waals surface area contributed by atoms with Gasteiger partial charge in [-0.15, -0.1) is 0 Å². The van der Waals surface area contributed by atoms with Gasteiger partial charge in [-0.25, -0.2) is 4.79 Å². The quantitative estimate of drug-likeness (QED) is 0.343. The van der Waals surface area contributed by atoms with Crippen LogP contribution >= 0.6 is 0 Å². The molecule has 0 aromatic rings. The Morgan fingerprint density at radius 1 is 0.880 bits per heavy atom. The minimum atomic E-state index is -0.300. The van der Waals surface area contributed by atoms with Crippen molar-refractivity contribution in [2.24, 2.45) is 5.92 Å². The van der Waals surface area contributed by atoms with Gasteiger partial charge in [-0.3, -0.25) is 0 Å². The van der Waals surface area contributed by atoms with Crippen LogP contribution in [0.25, 0.3) is 0 Å². The summed E-state index contributed by atoms with van der Waals surface area (Å²) in [6.45, 7) is 9.88. The number of carbonyl (C=O) groups excluding carboxylic acids is 1. The molecule has 0 heterocycles. The lowest BCUT2D eigenvalue weighted by Gasteiger charge is -2.19. The molecule has 0 radical (unpaired) electrons. The highest BCUT2D eigenvalue weighted by Gasteiger charge is 2.13. The van der Waals surface area contributed by atoms with Crippen molar-refractivity contribution in [3.63, 3.8) is 0 Å². The van der Waals surface area contributed by atoms with E-state index in [0.717, 1.165) is 25.9 Å². The molecule has 0 rings (SSSR count). The van der Waals surface area contributed by atoms with Crippen LogP contribution in [0.5, 0.6) is 0 Å². The molecule has 0 aromatic carbocycles. The van der Waals surface area contributed by atoms with Gasteiger partial charge in [0.05, 0.1) is 0 Å². The molecule has 1 atom stereocenters. The predicted molar refractivity (Wildman–Crippen MR) is 107 cm³/mol. The van der Waals surface area contributed by atoms with Gasteiger partial charge in [0.15, 0.2) is 0 Å². The molecule has 0 saturated heterocycles. The van der Waals surface area contributed by atoms with E-state index in [1.165, 1.54) is 44.9 Å². The van der Waals surface area contributed by atoms with Crippen molar-refractivity contribution in [2.45, 2.75) is 84.6 Å². The SMILES string of the molecule is CCCCCCCNCCCCCCNC(=O)OC[C@H](NC)C(C)C. The second kappa shape index (κ2) is 18.0. The lowest BCUT2D eigenvalue weighted by Crippen LogP contribution is -2.38. The smallest absolute Gasteiger partial charge is 0.407 e. The van der Waals surface area contributed by atoms with E-state index in [4.69, 9.17) is 4.74 Å². The summed E-state index contributed by atoms with van der Waals surface area (Å²) in [6.07, 6.45) is 11.0. The van der Waals surface area contributed by atoms with Gasteiger partial charge >= 0.3 is 6.09 Å². The van der Waals surface area contributed by atoms with E-state index >= 15 is 0 Å². The van der Waals surface area contributed by atoms with E-state index in [0.29, 0.717) is 19.1 Å². The van der Waals surface area contributed by atoms with Crippen LogP contribution in [-0.4, -0.2) is 45.4 Å². The molecule has 0 aromatic heterocycles. The fourth-order valence-electron chi connectivity index (χ4n) is 2.72. The highest BCUT2D eigenvalue weighted by Crippen LogP contribution is 2.03. The number of likely N-dealkylation sites (N-methyl/N-ethyl adjacent to an activating group) is 1. The van der Waals surface area contributed by atoms with Crippen LogP contribution in [-0.2, 0) is 4.74 Å². The molecule has 3 N–H and O–H groups in total. The van der Waals surface area contributed by atoms with Crippen molar-refractivity contribution in [1.82, 2.24) is 16.0 Å². The maximum atomic E-state index is 11.6. The Morgan fingerprint density at radius 2 is 1.44 bits per heavy atom. The molecular formula is C20H43N3O2. The number of carbonyl (C=O) groups is 1. The Bertz CT molecular complexity index is 299. The van der Waals surface area contributed by atoms with Gasteiger partial charge in [0.2, 0.25) is 0 Å². The highest BCUT2D eigenvalue weighted by atomic mass is 16.5. The van der Waals surface area contributed by atoms with Crippen molar-refractivity contribution >= 4 is 6.09 Å². The third-order valence-electron chi connectivity index (χ3n) is 4.58. The molecule has 0 aliphatic carbocycles. The van der Waals surface area contributed by atoms with Gasteiger partial charge in [-0.1, -0.05) is 59.3 Å². The van der Waals surface area contributed by atoms with Crippen LogP contribution in [0.1, 0.15) is 78.6 Å². The molecule has 1 amide bonds. The van der Waals surface area contributed by atoms with Gasteiger partial charge in [0, 0.05) is 12.6 Å². The van der Waals surface area contributed by atoms with Crippen molar-refractivity contribution in [2.75, 3.05) is 33.3 Å². The summed E-state index contributed by atoms with van der Waals surface area (Å²) in [6, 6.07) is 0.213. The first kappa shape index (κ1) is 24.2. The van der Waals surface area contributed by atoms with Crippen molar-refractivity contribution < 1.29 is 9.53 Å². The van der Waals surface area contributed by atoms with E-state index in [1.54, 1.807) is 0 Å². The number of alkyl carbamates (subject to hydrolysis) is 1. The molecule has 0 bridgehead atoms. The third kappa shape index (κ3) is 16.4. The zero-order chi connectivity index (χ0) is 18.8. The van der Waals surface area contributed by atoms with Gasteiger partial charge in [-0.2, -0.15) is 0 Å². The van der Waals surface area contributed by atoms with E-state index in [9.17, 15) is 4.79 Å². The molecule has 25 heavy (non-hydrogen) atoms. The summed E-state index contributed by atoms with van der Waals surface area (Å²) < 4.78 is 5.24. The normalized spacial score (nSPS) is 12.4. The Hall–Kier alpha value is -0.810. The number of hydrogen-bond donors (Lipinski definition) is 3. The lowest BCUT2D eigenvalue weighted by atomic mass is 10.1. The molecule has 0 aliphatic heterocycles. The van der Waals surface area contributed by atoms with Gasteiger partial charge in [0.25, 0.3) is 0 Å². The number of nitrogens with one attached hydrogen (secondary N) is 3. The van der Waals surface area contributed by atoms with E-state index in [-0.39, 0.29) is 12.1 Å². The number of amides is 1. The molecule has 0 spiro atoms. The third-order valence-corrected chi connectivity index (χ3v) is 4.58. The van der Waals surface area contributed by atoms with Crippen molar-refractivity contribution in [3.05, 3.63) is 0 Å². The highest BCUT2D eigenvalue weighted by molar-refractivity contribution is 5.67. The summed E-state index contributed by atoms with van der Waals surface area (Å²) in [4.78, 5) is 11.6. The molecule has 5 nitrogen and oxygen atoms in total. The fraction of sp³-hybridized carbons (Fsp3) is 0.950. The molecule has 0 unspecified atom stereocenters. The van der Waals surface area contributed by atoms with Crippen LogP contribution in [0.15, 0.2) is 0 Å². The first-order valence-electron chi connectivity index (χ1n) is 10.4. The number of unbranched alkanes of at least 4 members (excludes halogenated alkanes) is 7. The summed E-state index contributed by atoms with van der Waals surface area (Å²) in [5.74, 6) is 0.447. The van der Waals surface area contributed by atoms with E-state index in [1.807, 2.05) is 7.05 Å².